The molecule has 0 fully saturated rings. The van der Waals surface area contributed by atoms with Crippen LogP contribution >= 0.6 is 0 Å². The maximum atomic E-state index is 5.28. The summed E-state index contributed by atoms with van der Waals surface area (Å²) >= 11 is 0. The molecule has 0 saturated carbocycles. The maximum absolute atomic E-state index is 5.28. The summed E-state index contributed by atoms with van der Waals surface area (Å²) in [5.74, 6) is 0. The fraction of sp³-hybridized carbons (Fsp3) is 0.778. The average Bonchev–Trinajstić information content (AvgIpc) is 2.68. The van der Waals surface area contributed by atoms with Gasteiger partial charge in [-0.05, 0) is 12.8 Å². The van der Waals surface area contributed by atoms with E-state index in [0.29, 0.717) is 0 Å². The van der Waals surface area contributed by atoms with Crippen LogP contribution in [0.25, 0.3) is 0 Å². The van der Waals surface area contributed by atoms with Crippen molar-refractivity contribution in [3.8, 4) is 0 Å². The Bertz CT molecular complexity index is 323. The molecule has 0 heterocycles. The fourth-order valence-electron chi connectivity index (χ4n) is 3.64. The molecule has 0 heteroatoms. The molecule has 0 rings (SSSR count). The van der Waals surface area contributed by atoms with E-state index in [0.717, 1.165) is 0 Å². The van der Waals surface area contributed by atoms with Crippen molar-refractivity contribution in [2.45, 2.75) is 135 Å². The lowest BCUT2D eigenvalue weighted by Gasteiger charge is -2.03. The Morgan fingerprint density at radius 3 is 1.19 bits per heavy atom. The lowest BCUT2D eigenvalue weighted by Crippen LogP contribution is -1.84. The van der Waals surface area contributed by atoms with Gasteiger partial charge in [-0.1, -0.05) is 159 Å². The lowest BCUT2D eigenvalue weighted by molar-refractivity contribution is 0.523. The second kappa shape index (κ2) is 25.2. The predicted octanol–water partition coefficient (Wildman–Crippen LogP) is 9.91. The van der Waals surface area contributed by atoms with Gasteiger partial charge in [0.15, 0.2) is 0 Å². The molecule has 0 saturated heterocycles. The van der Waals surface area contributed by atoms with Crippen molar-refractivity contribution in [1.82, 2.24) is 0 Å². The minimum atomic E-state index is 1.20. The van der Waals surface area contributed by atoms with E-state index in [1.165, 1.54) is 128 Å². The highest BCUT2D eigenvalue weighted by atomic mass is 14.0. The summed E-state index contributed by atoms with van der Waals surface area (Å²) in [7, 11) is 0. The molecule has 0 amide bonds. The van der Waals surface area contributed by atoms with Crippen LogP contribution in [0.4, 0.5) is 0 Å². The third-order valence-corrected chi connectivity index (χ3v) is 5.44. The van der Waals surface area contributed by atoms with Gasteiger partial charge in [0, 0.05) is 0 Å². The summed E-state index contributed by atoms with van der Waals surface area (Å²) in [6.07, 6.45) is 38.4. The van der Waals surface area contributed by atoms with Gasteiger partial charge in [0.25, 0.3) is 0 Å². The Morgan fingerprint density at radius 1 is 0.444 bits per heavy atom. The molecule has 0 nitrogen and oxygen atoms in total. The number of rotatable bonds is 22. The summed E-state index contributed by atoms with van der Waals surface area (Å²) in [6, 6.07) is 0. The van der Waals surface area contributed by atoms with Crippen molar-refractivity contribution in [3.63, 3.8) is 0 Å². The van der Waals surface area contributed by atoms with Crippen molar-refractivity contribution in [2.75, 3.05) is 0 Å². The minimum absolute atomic E-state index is 1.20. The summed E-state index contributed by atoms with van der Waals surface area (Å²) in [6.45, 7) is 7.57. The van der Waals surface area contributed by atoms with Crippen molar-refractivity contribution in [3.05, 3.63) is 37.0 Å². The highest BCUT2D eigenvalue weighted by Gasteiger charge is 1.95. The first-order chi connectivity index (χ1) is 13.4. The third-order valence-electron chi connectivity index (χ3n) is 5.44. The van der Waals surface area contributed by atoms with E-state index in [2.05, 4.69) is 19.1 Å². The topological polar surface area (TPSA) is 0 Å². The Labute approximate surface area is 172 Å². The Balaban J connectivity index is 3.04. The first-order valence-corrected chi connectivity index (χ1v) is 12.3. The van der Waals surface area contributed by atoms with Crippen LogP contribution in [0.1, 0.15) is 135 Å². The molecule has 157 valence electrons. The Kier molecular flexibility index (Phi) is 24.5. The second-order valence-corrected chi connectivity index (χ2v) is 8.16. The van der Waals surface area contributed by atoms with E-state index in [1.54, 1.807) is 6.08 Å². The van der Waals surface area contributed by atoms with E-state index < -0.39 is 0 Å². The van der Waals surface area contributed by atoms with Gasteiger partial charge >= 0.3 is 0 Å². The highest BCUT2D eigenvalue weighted by Crippen LogP contribution is 2.14. The molecule has 0 aliphatic carbocycles. The lowest BCUT2D eigenvalue weighted by atomic mass is 10.0. The van der Waals surface area contributed by atoms with Crippen LogP contribution < -0.4 is 0 Å². The zero-order valence-electron chi connectivity index (χ0n) is 18.6. The second-order valence-electron chi connectivity index (χ2n) is 8.16. The van der Waals surface area contributed by atoms with E-state index in [-0.39, 0.29) is 0 Å². The van der Waals surface area contributed by atoms with Gasteiger partial charge in [0.05, 0.1) is 0 Å². The third kappa shape index (κ3) is 25.2. The standard InChI is InChI=1S/C27H49/c1-3-5-7-9-11-13-15-17-19-21-23-25-27-26-24-22-20-18-16-14-12-10-8-6-4-2/h1,3,5,7,9,11H,4,6,8,10,12-27H2,2H3/b3-1?,7-5+,11-9+. The molecular weight excluding hydrogens is 324 g/mol. The van der Waals surface area contributed by atoms with Crippen LogP contribution in [0.2, 0.25) is 0 Å². The summed E-state index contributed by atoms with van der Waals surface area (Å²) < 4.78 is 0. The van der Waals surface area contributed by atoms with Crippen molar-refractivity contribution < 1.29 is 0 Å². The smallest absolute Gasteiger partial charge is 0.0348 e. The maximum Gasteiger partial charge on any atom is -0.0348 e. The first kappa shape index (κ1) is 26.2. The first-order valence-electron chi connectivity index (χ1n) is 12.3. The van der Waals surface area contributed by atoms with E-state index in [1.807, 2.05) is 12.2 Å². The fourth-order valence-corrected chi connectivity index (χ4v) is 3.64. The summed E-state index contributed by atoms with van der Waals surface area (Å²) in [5, 5.41) is 0. The van der Waals surface area contributed by atoms with Gasteiger partial charge in [-0.15, -0.1) is 0 Å². The SMILES string of the molecule is [CH]=C/C=C/C=C/CCCCCCCCCCCCCCCCCCCCC. The number of hydrogen-bond acceptors (Lipinski definition) is 0. The highest BCUT2D eigenvalue weighted by molar-refractivity contribution is 5.07. The zero-order valence-corrected chi connectivity index (χ0v) is 18.6. The molecule has 0 aromatic carbocycles. The number of hydrogen-bond donors (Lipinski definition) is 0. The van der Waals surface area contributed by atoms with E-state index in [4.69, 9.17) is 6.58 Å². The van der Waals surface area contributed by atoms with Gasteiger partial charge < -0.3 is 0 Å². The molecule has 0 aromatic heterocycles. The average molecular weight is 374 g/mol. The van der Waals surface area contributed by atoms with Crippen LogP contribution in [-0.4, -0.2) is 0 Å². The number of unbranched alkanes of at least 4 members (excludes halogenated alkanes) is 19. The van der Waals surface area contributed by atoms with Crippen LogP contribution in [-0.2, 0) is 0 Å². The van der Waals surface area contributed by atoms with Gasteiger partial charge in [0.1, 0.15) is 0 Å². The molecule has 0 atom stereocenters. The molecule has 0 aliphatic rings. The molecule has 0 unspecified atom stereocenters. The minimum Gasteiger partial charge on any atom is -0.0845 e. The summed E-state index contributed by atoms with van der Waals surface area (Å²) in [4.78, 5) is 0. The molecule has 0 aromatic rings. The van der Waals surface area contributed by atoms with Gasteiger partial charge in [0.2, 0.25) is 0 Å². The van der Waals surface area contributed by atoms with Crippen molar-refractivity contribution in [2.24, 2.45) is 0 Å². The van der Waals surface area contributed by atoms with Gasteiger partial charge in [-0.25, -0.2) is 0 Å². The summed E-state index contributed by atoms with van der Waals surface area (Å²) in [5.41, 5.74) is 0. The van der Waals surface area contributed by atoms with E-state index >= 15 is 0 Å². The quantitative estimate of drug-likeness (QED) is 0.131. The molecular formula is C27H49. The molecule has 1 radical (unpaired) electrons. The van der Waals surface area contributed by atoms with Gasteiger partial charge in [-0.3, -0.25) is 0 Å². The Morgan fingerprint density at radius 2 is 0.815 bits per heavy atom. The van der Waals surface area contributed by atoms with Crippen LogP contribution in [0.3, 0.4) is 0 Å². The molecule has 27 heavy (non-hydrogen) atoms. The van der Waals surface area contributed by atoms with Crippen LogP contribution in [0.15, 0.2) is 30.4 Å². The Hall–Kier alpha value is -0.780. The predicted molar refractivity (Wildman–Crippen MR) is 125 cm³/mol. The molecule has 0 aliphatic heterocycles. The van der Waals surface area contributed by atoms with Crippen molar-refractivity contribution >= 4 is 0 Å². The van der Waals surface area contributed by atoms with Crippen LogP contribution in [0, 0.1) is 6.58 Å². The normalized spacial score (nSPS) is 11.7. The van der Waals surface area contributed by atoms with Crippen molar-refractivity contribution in [1.29, 1.82) is 0 Å². The van der Waals surface area contributed by atoms with E-state index in [9.17, 15) is 0 Å². The number of allylic oxidation sites excluding steroid dienone is 5. The molecule has 0 spiro atoms. The molecule has 0 bridgehead atoms. The molecule has 0 N–H and O–H groups in total. The largest absolute Gasteiger partial charge is 0.0845 e. The monoisotopic (exact) mass is 373 g/mol. The van der Waals surface area contributed by atoms with Gasteiger partial charge in [-0.2, -0.15) is 0 Å². The zero-order chi connectivity index (χ0) is 19.7. The van der Waals surface area contributed by atoms with Crippen LogP contribution in [0.5, 0.6) is 0 Å².